The van der Waals surface area contributed by atoms with Crippen molar-refractivity contribution in [3.8, 4) is 5.75 Å². The van der Waals surface area contributed by atoms with Crippen LogP contribution < -0.4 is 5.90 Å². The predicted octanol–water partition coefficient (Wildman–Crippen LogP) is 1.32. The summed E-state index contributed by atoms with van der Waals surface area (Å²) in [6, 6.07) is 4.07. The first-order valence-corrected chi connectivity index (χ1v) is 6.62. The van der Waals surface area contributed by atoms with Crippen molar-refractivity contribution in [2.75, 3.05) is 0 Å². The van der Waals surface area contributed by atoms with Crippen LogP contribution in [-0.2, 0) is 16.2 Å². The lowest BCUT2D eigenvalue weighted by Crippen LogP contribution is -2.43. The summed E-state index contributed by atoms with van der Waals surface area (Å²) in [7, 11) is 0. The fraction of sp³-hybridized carbons (Fsp3) is 0.429. The first kappa shape index (κ1) is 14.3. The maximum absolute atomic E-state index is 12.3. The maximum atomic E-state index is 12.3. The number of nitrogens with zero attached hydrogens (tertiary/aromatic N) is 1. The highest BCUT2D eigenvalue weighted by Crippen LogP contribution is 2.32. The topological polar surface area (TPSA) is 92.9 Å². The Morgan fingerprint density at radius 3 is 2.90 bits per heavy atom. The average molecular weight is 278 g/mol. The summed E-state index contributed by atoms with van der Waals surface area (Å²) in [5.41, 5.74) is 0.972. The molecule has 2 rings (SSSR count). The standard InChI is InChI=1S/C14H18N2O4/c1-2-3-6-11(14(19)20-15)16-8-10-9(13(16)18)5-4-7-12(10)17/h4-5,7,11,17H,2-3,6,8,15H2,1H3. The first-order valence-electron chi connectivity index (χ1n) is 6.62. The van der Waals surface area contributed by atoms with Crippen molar-refractivity contribution in [1.29, 1.82) is 0 Å². The number of carbonyl (C=O) groups excluding carboxylic acids is 2. The minimum Gasteiger partial charge on any atom is -0.508 e. The second-order valence-electron chi connectivity index (χ2n) is 4.83. The summed E-state index contributed by atoms with van der Waals surface area (Å²) in [6.07, 6.45) is 2.17. The van der Waals surface area contributed by atoms with Crippen LogP contribution >= 0.6 is 0 Å². The number of hydrogen-bond acceptors (Lipinski definition) is 5. The lowest BCUT2D eigenvalue weighted by atomic mass is 10.1. The van der Waals surface area contributed by atoms with E-state index < -0.39 is 12.0 Å². The van der Waals surface area contributed by atoms with Crippen LogP contribution in [0.25, 0.3) is 0 Å². The number of unbranched alkanes of at least 4 members (excludes halogenated alkanes) is 1. The van der Waals surface area contributed by atoms with E-state index in [9.17, 15) is 14.7 Å². The molecular formula is C14H18N2O4. The molecule has 0 radical (unpaired) electrons. The van der Waals surface area contributed by atoms with Crippen LogP contribution in [0.4, 0.5) is 0 Å². The van der Waals surface area contributed by atoms with E-state index in [1.807, 2.05) is 6.92 Å². The molecule has 0 bridgehead atoms. The molecule has 1 heterocycles. The molecule has 6 nitrogen and oxygen atoms in total. The molecule has 1 aliphatic rings. The highest BCUT2D eigenvalue weighted by Gasteiger charge is 2.37. The number of amides is 1. The Morgan fingerprint density at radius 1 is 1.55 bits per heavy atom. The molecule has 1 aromatic carbocycles. The van der Waals surface area contributed by atoms with Crippen molar-refractivity contribution >= 4 is 11.9 Å². The summed E-state index contributed by atoms with van der Waals surface area (Å²) >= 11 is 0. The Labute approximate surface area is 117 Å². The molecule has 0 saturated heterocycles. The molecule has 20 heavy (non-hydrogen) atoms. The van der Waals surface area contributed by atoms with Gasteiger partial charge >= 0.3 is 5.97 Å². The van der Waals surface area contributed by atoms with Gasteiger partial charge in [-0.25, -0.2) is 4.79 Å². The van der Waals surface area contributed by atoms with Gasteiger partial charge in [0.1, 0.15) is 11.8 Å². The van der Waals surface area contributed by atoms with Crippen LogP contribution in [0.15, 0.2) is 18.2 Å². The van der Waals surface area contributed by atoms with E-state index in [0.29, 0.717) is 17.5 Å². The van der Waals surface area contributed by atoms with Gasteiger partial charge in [-0.2, -0.15) is 5.90 Å². The molecule has 1 unspecified atom stereocenters. The van der Waals surface area contributed by atoms with Gasteiger partial charge in [-0.3, -0.25) is 4.79 Å². The van der Waals surface area contributed by atoms with Gasteiger partial charge in [0.25, 0.3) is 5.91 Å². The van der Waals surface area contributed by atoms with Gasteiger partial charge in [-0.05, 0) is 18.6 Å². The van der Waals surface area contributed by atoms with E-state index in [4.69, 9.17) is 5.90 Å². The van der Waals surface area contributed by atoms with Gasteiger partial charge in [0.05, 0.1) is 6.54 Å². The summed E-state index contributed by atoms with van der Waals surface area (Å²) in [5, 5.41) is 9.80. The number of rotatable bonds is 5. The number of phenolic OH excluding ortho intramolecular Hbond substituents is 1. The second-order valence-corrected chi connectivity index (χ2v) is 4.83. The minimum atomic E-state index is -0.709. The molecule has 1 aromatic rings. The number of benzene rings is 1. The average Bonchev–Trinajstić information content (AvgIpc) is 2.78. The second kappa shape index (κ2) is 5.92. The number of carbonyl (C=O) groups is 2. The molecule has 1 amide bonds. The number of phenols is 1. The zero-order valence-corrected chi connectivity index (χ0v) is 11.3. The SMILES string of the molecule is CCCCC(C(=O)ON)N1Cc2c(O)cccc2C1=O. The third kappa shape index (κ3) is 2.46. The molecular weight excluding hydrogens is 260 g/mol. The molecule has 1 atom stereocenters. The fourth-order valence-corrected chi connectivity index (χ4v) is 2.47. The monoisotopic (exact) mass is 278 g/mol. The Hall–Kier alpha value is -2.08. The number of aromatic hydroxyl groups is 1. The summed E-state index contributed by atoms with van der Waals surface area (Å²) < 4.78 is 0. The van der Waals surface area contributed by atoms with Crippen molar-refractivity contribution in [3.05, 3.63) is 29.3 Å². The molecule has 0 aromatic heterocycles. The van der Waals surface area contributed by atoms with E-state index in [1.165, 1.54) is 11.0 Å². The Morgan fingerprint density at radius 2 is 2.30 bits per heavy atom. The smallest absolute Gasteiger partial charge is 0.347 e. The lowest BCUT2D eigenvalue weighted by molar-refractivity contribution is -0.150. The van der Waals surface area contributed by atoms with Crippen LogP contribution in [0, 0.1) is 0 Å². The normalized spacial score (nSPS) is 15.1. The number of fused-ring (bicyclic) bond motifs is 1. The highest BCUT2D eigenvalue weighted by atomic mass is 16.7. The molecule has 1 aliphatic heterocycles. The van der Waals surface area contributed by atoms with Crippen LogP contribution in [0.5, 0.6) is 5.75 Å². The van der Waals surface area contributed by atoms with Crippen molar-refractivity contribution < 1.29 is 19.5 Å². The van der Waals surface area contributed by atoms with E-state index in [1.54, 1.807) is 12.1 Å². The first-order chi connectivity index (χ1) is 9.60. The van der Waals surface area contributed by atoms with Crippen molar-refractivity contribution in [2.24, 2.45) is 5.90 Å². The number of hydrogen-bond donors (Lipinski definition) is 2. The number of nitrogens with two attached hydrogens (primary N) is 1. The Balaban J connectivity index is 2.27. The van der Waals surface area contributed by atoms with Gasteiger partial charge in [0.15, 0.2) is 0 Å². The Bertz CT molecular complexity index is 530. The molecule has 0 spiro atoms. The maximum Gasteiger partial charge on any atom is 0.347 e. The van der Waals surface area contributed by atoms with Gasteiger partial charge in [0, 0.05) is 11.1 Å². The fourth-order valence-electron chi connectivity index (χ4n) is 2.47. The molecule has 6 heteroatoms. The quantitative estimate of drug-likeness (QED) is 0.792. The Kier molecular flexibility index (Phi) is 4.24. The van der Waals surface area contributed by atoms with Gasteiger partial charge in [0.2, 0.25) is 0 Å². The molecule has 0 aliphatic carbocycles. The van der Waals surface area contributed by atoms with Crippen molar-refractivity contribution in [1.82, 2.24) is 4.90 Å². The van der Waals surface area contributed by atoms with Crippen LogP contribution in [-0.4, -0.2) is 27.9 Å². The van der Waals surface area contributed by atoms with Crippen molar-refractivity contribution in [3.63, 3.8) is 0 Å². The minimum absolute atomic E-state index is 0.0636. The van der Waals surface area contributed by atoms with Crippen LogP contribution in [0.2, 0.25) is 0 Å². The summed E-state index contributed by atoms with van der Waals surface area (Å²) in [4.78, 5) is 29.8. The zero-order valence-electron chi connectivity index (χ0n) is 11.3. The van der Waals surface area contributed by atoms with Gasteiger partial charge in [-0.15, -0.1) is 0 Å². The predicted molar refractivity (Wildman–Crippen MR) is 71.6 cm³/mol. The molecule has 0 fully saturated rings. The van der Waals surface area contributed by atoms with E-state index >= 15 is 0 Å². The van der Waals surface area contributed by atoms with Gasteiger partial charge in [-0.1, -0.05) is 25.8 Å². The molecule has 108 valence electrons. The highest BCUT2D eigenvalue weighted by molar-refractivity contribution is 6.01. The van der Waals surface area contributed by atoms with Gasteiger partial charge < -0.3 is 14.8 Å². The van der Waals surface area contributed by atoms with E-state index in [-0.39, 0.29) is 18.2 Å². The largest absolute Gasteiger partial charge is 0.508 e. The molecule has 0 saturated carbocycles. The summed E-state index contributed by atoms with van der Waals surface area (Å²) in [6.45, 7) is 2.20. The van der Waals surface area contributed by atoms with Crippen LogP contribution in [0.1, 0.15) is 42.1 Å². The van der Waals surface area contributed by atoms with E-state index in [2.05, 4.69) is 4.84 Å². The lowest BCUT2D eigenvalue weighted by Gasteiger charge is -2.25. The van der Waals surface area contributed by atoms with E-state index in [0.717, 1.165) is 12.8 Å². The third-order valence-corrected chi connectivity index (χ3v) is 3.57. The van der Waals surface area contributed by atoms with Crippen LogP contribution in [0.3, 0.4) is 0 Å². The zero-order chi connectivity index (χ0) is 14.7. The summed E-state index contributed by atoms with van der Waals surface area (Å²) in [5.74, 6) is 4.12. The third-order valence-electron chi connectivity index (χ3n) is 3.57. The van der Waals surface area contributed by atoms with Crippen molar-refractivity contribution in [2.45, 2.75) is 38.8 Å². The molecule has 3 N–H and O–H groups in total.